The number of hydrogen-bond acceptors (Lipinski definition) is 3. The van der Waals surface area contributed by atoms with Gasteiger partial charge in [-0.15, -0.1) is 0 Å². The molecular formula is C20H35N3O2. The fraction of sp³-hybridized carbons (Fsp3) is 0.900. The molecule has 2 N–H and O–H groups in total. The van der Waals surface area contributed by atoms with Crippen molar-refractivity contribution in [3.8, 4) is 0 Å². The van der Waals surface area contributed by atoms with Crippen LogP contribution >= 0.6 is 0 Å². The number of amides is 2. The minimum Gasteiger partial charge on any atom is -0.353 e. The van der Waals surface area contributed by atoms with E-state index in [1.165, 1.54) is 32.1 Å². The number of carbonyl (C=O) groups excluding carboxylic acids is 2. The lowest BCUT2D eigenvalue weighted by atomic mass is 9.84. The molecule has 0 aromatic heterocycles. The van der Waals surface area contributed by atoms with Gasteiger partial charge in [0, 0.05) is 44.1 Å². The molecule has 142 valence electrons. The summed E-state index contributed by atoms with van der Waals surface area (Å²) in [7, 11) is 0. The molecule has 25 heavy (non-hydrogen) atoms. The predicted molar refractivity (Wildman–Crippen MR) is 99.1 cm³/mol. The van der Waals surface area contributed by atoms with Crippen molar-refractivity contribution in [2.24, 2.45) is 11.8 Å². The second-order valence-electron chi connectivity index (χ2n) is 8.41. The fourth-order valence-corrected chi connectivity index (χ4v) is 4.83. The Bertz CT molecular complexity index is 454. The topological polar surface area (TPSA) is 61.4 Å². The van der Waals surface area contributed by atoms with Gasteiger partial charge in [0.15, 0.2) is 0 Å². The molecule has 1 unspecified atom stereocenters. The van der Waals surface area contributed by atoms with Crippen molar-refractivity contribution in [1.29, 1.82) is 0 Å². The molecule has 0 aromatic carbocycles. The summed E-state index contributed by atoms with van der Waals surface area (Å²) in [6, 6.07) is 0.578. The Morgan fingerprint density at radius 3 is 2.44 bits per heavy atom. The zero-order chi connectivity index (χ0) is 17.6. The number of nitrogens with one attached hydrogen (secondary N) is 2. The van der Waals surface area contributed by atoms with Gasteiger partial charge in [-0.3, -0.25) is 9.59 Å². The van der Waals surface area contributed by atoms with Crippen molar-refractivity contribution in [3.63, 3.8) is 0 Å². The first-order chi connectivity index (χ1) is 12.1. The number of rotatable bonds is 4. The highest BCUT2D eigenvalue weighted by molar-refractivity contribution is 5.79. The quantitative estimate of drug-likeness (QED) is 0.819. The zero-order valence-corrected chi connectivity index (χ0v) is 15.8. The normalized spacial score (nSPS) is 31.6. The largest absolute Gasteiger partial charge is 0.353 e. The van der Waals surface area contributed by atoms with Crippen LogP contribution in [0.2, 0.25) is 0 Å². The number of piperazine rings is 1. The first-order valence-electron chi connectivity index (χ1n) is 10.4. The molecule has 2 amide bonds. The van der Waals surface area contributed by atoms with Crippen molar-refractivity contribution in [2.75, 3.05) is 19.6 Å². The Balaban J connectivity index is 1.39. The summed E-state index contributed by atoms with van der Waals surface area (Å²) in [5.74, 6) is 1.33. The van der Waals surface area contributed by atoms with Crippen LogP contribution in [0.3, 0.4) is 0 Å². The fourth-order valence-electron chi connectivity index (χ4n) is 4.83. The molecule has 3 rings (SSSR count). The van der Waals surface area contributed by atoms with Crippen molar-refractivity contribution in [1.82, 2.24) is 15.5 Å². The molecule has 1 atom stereocenters. The summed E-state index contributed by atoms with van der Waals surface area (Å²) >= 11 is 0. The van der Waals surface area contributed by atoms with E-state index in [-0.39, 0.29) is 17.9 Å². The van der Waals surface area contributed by atoms with Crippen LogP contribution in [-0.4, -0.2) is 48.4 Å². The van der Waals surface area contributed by atoms with Crippen LogP contribution in [0, 0.1) is 11.8 Å². The van der Waals surface area contributed by atoms with Gasteiger partial charge in [-0.05, 0) is 51.4 Å². The van der Waals surface area contributed by atoms with Gasteiger partial charge >= 0.3 is 0 Å². The Hall–Kier alpha value is -1.10. The van der Waals surface area contributed by atoms with Crippen molar-refractivity contribution in [3.05, 3.63) is 0 Å². The molecule has 0 aromatic rings. The lowest BCUT2D eigenvalue weighted by Crippen LogP contribution is -2.54. The van der Waals surface area contributed by atoms with Crippen LogP contribution < -0.4 is 10.6 Å². The molecule has 1 aliphatic heterocycles. The molecule has 2 aliphatic carbocycles. The van der Waals surface area contributed by atoms with E-state index in [2.05, 4.69) is 22.5 Å². The molecule has 1 saturated heterocycles. The second-order valence-corrected chi connectivity index (χ2v) is 8.41. The number of hydrogen-bond donors (Lipinski definition) is 2. The van der Waals surface area contributed by atoms with Crippen LogP contribution in [0.5, 0.6) is 0 Å². The standard InChI is InChI=1S/C20H35N3O2/c1-15-14-21-11-12-23(15)20(25)17-7-9-18(10-8-17)22-19(24)13-16-5-3-2-4-6-16/h15-18,21H,2-14H2,1H3,(H,22,24). The average molecular weight is 350 g/mol. The highest BCUT2D eigenvalue weighted by Gasteiger charge is 2.32. The smallest absolute Gasteiger partial charge is 0.226 e. The van der Waals surface area contributed by atoms with Crippen LogP contribution in [0.15, 0.2) is 0 Å². The van der Waals surface area contributed by atoms with Gasteiger partial charge in [0.2, 0.25) is 11.8 Å². The third kappa shape index (κ3) is 5.19. The maximum absolute atomic E-state index is 12.8. The molecular weight excluding hydrogens is 314 g/mol. The Kier molecular flexibility index (Phi) is 6.74. The Morgan fingerprint density at radius 1 is 1.04 bits per heavy atom. The lowest BCUT2D eigenvalue weighted by molar-refractivity contribution is -0.139. The van der Waals surface area contributed by atoms with E-state index in [4.69, 9.17) is 0 Å². The van der Waals surface area contributed by atoms with Gasteiger partial charge in [0.1, 0.15) is 0 Å². The lowest BCUT2D eigenvalue weighted by Gasteiger charge is -2.38. The molecule has 3 fully saturated rings. The van der Waals surface area contributed by atoms with Crippen LogP contribution in [0.1, 0.15) is 71.1 Å². The van der Waals surface area contributed by atoms with Gasteiger partial charge in [-0.1, -0.05) is 19.3 Å². The van der Waals surface area contributed by atoms with E-state index in [1.807, 2.05) is 0 Å². The van der Waals surface area contributed by atoms with Gasteiger partial charge in [0.05, 0.1) is 0 Å². The average Bonchev–Trinajstić information content (AvgIpc) is 2.63. The highest BCUT2D eigenvalue weighted by Crippen LogP contribution is 2.29. The minimum absolute atomic E-state index is 0.159. The van der Waals surface area contributed by atoms with E-state index < -0.39 is 0 Å². The summed E-state index contributed by atoms with van der Waals surface area (Å²) < 4.78 is 0. The van der Waals surface area contributed by atoms with E-state index in [0.717, 1.165) is 45.3 Å². The third-order valence-electron chi connectivity index (χ3n) is 6.42. The number of carbonyl (C=O) groups is 2. The third-order valence-corrected chi connectivity index (χ3v) is 6.42. The van der Waals surface area contributed by atoms with E-state index >= 15 is 0 Å². The molecule has 0 spiro atoms. The molecule has 0 bridgehead atoms. The first kappa shape index (κ1) is 18.7. The molecule has 0 radical (unpaired) electrons. The van der Waals surface area contributed by atoms with Gasteiger partial charge in [-0.25, -0.2) is 0 Å². The van der Waals surface area contributed by atoms with Crippen LogP contribution in [0.25, 0.3) is 0 Å². The van der Waals surface area contributed by atoms with Crippen molar-refractivity contribution >= 4 is 11.8 Å². The highest BCUT2D eigenvalue weighted by atomic mass is 16.2. The van der Waals surface area contributed by atoms with Crippen LogP contribution in [0.4, 0.5) is 0 Å². The summed E-state index contributed by atoms with van der Waals surface area (Å²) in [6.07, 6.45) is 10.8. The van der Waals surface area contributed by atoms with Gasteiger partial charge < -0.3 is 15.5 Å². The predicted octanol–water partition coefficient (Wildman–Crippen LogP) is 2.45. The Labute approximate surface area is 152 Å². The van der Waals surface area contributed by atoms with E-state index in [1.54, 1.807) is 0 Å². The number of nitrogens with zero attached hydrogens (tertiary/aromatic N) is 1. The zero-order valence-electron chi connectivity index (χ0n) is 15.8. The maximum Gasteiger partial charge on any atom is 0.226 e. The van der Waals surface area contributed by atoms with E-state index in [9.17, 15) is 9.59 Å². The van der Waals surface area contributed by atoms with Crippen LogP contribution in [-0.2, 0) is 9.59 Å². The second kappa shape index (κ2) is 9.02. The summed E-state index contributed by atoms with van der Waals surface area (Å²) in [4.78, 5) is 27.1. The van der Waals surface area contributed by atoms with Gasteiger partial charge in [-0.2, -0.15) is 0 Å². The SMILES string of the molecule is CC1CNCCN1C(=O)C1CCC(NC(=O)CC2CCCCC2)CC1. The molecule has 2 saturated carbocycles. The van der Waals surface area contributed by atoms with Gasteiger partial charge in [0.25, 0.3) is 0 Å². The van der Waals surface area contributed by atoms with Crippen molar-refractivity contribution in [2.45, 2.75) is 83.2 Å². The van der Waals surface area contributed by atoms with E-state index in [0.29, 0.717) is 24.3 Å². The van der Waals surface area contributed by atoms with Crippen molar-refractivity contribution < 1.29 is 9.59 Å². The molecule has 1 heterocycles. The molecule has 5 nitrogen and oxygen atoms in total. The monoisotopic (exact) mass is 349 g/mol. The summed E-state index contributed by atoms with van der Waals surface area (Å²) in [6.45, 7) is 4.76. The summed E-state index contributed by atoms with van der Waals surface area (Å²) in [5, 5.41) is 6.58. The minimum atomic E-state index is 0.159. The molecule has 5 heteroatoms. The Morgan fingerprint density at radius 2 is 1.76 bits per heavy atom. The summed E-state index contributed by atoms with van der Waals surface area (Å²) in [5.41, 5.74) is 0. The maximum atomic E-state index is 12.8. The first-order valence-corrected chi connectivity index (χ1v) is 10.4. The molecule has 3 aliphatic rings.